The van der Waals surface area contributed by atoms with Gasteiger partial charge in [0.15, 0.2) is 0 Å². The Morgan fingerprint density at radius 1 is 1.14 bits per heavy atom. The van der Waals surface area contributed by atoms with Crippen molar-refractivity contribution in [1.82, 2.24) is 9.47 Å². The maximum Gasteiger partial charge on any atom is 0.322 e. The number of urea groups is 1. The van der Waals surface area contributed by atoms with E-state index in [0.717, 1.165) is 23.6 Å². The third-order valence-corrected chi connectivity index (χ3v) is 5.54. The summed E-state index contributed by atoms with van der Waals surface area (Å²) in [7, 11) is 0. The fourth-order valence-corrected chi connectivity index (χ4v) is 4.16. The largest absolute Gasteiger partial charge is 0.494 e. The van der Waals surface area contributed by atoms with Gasteiger partial charge >= 0.3 is 6.03 Å². The number of aromatic nitrogens is 1. The summed E-state index contributed by atoms with van der Waals surface area (Å²) < 4.78 is 7.61. The lowest BCUT2D eigenvalue weighted by Crippen LogP contribution is -2.44. The SMILES string of the molecule is CCOc1ccc(NC(=O)N2CCn3cccc3C2c2ccc(Cl)cc2Cl)cc1. The Labute approximate surface area is 179 Å². The van der Waals surface area contributed by atoms with E-state index < -0.39 is 0 Å². The molecule has 1 aromatic heterocycles. The van der Waals surface area contributed by atoms with E-state index in [2.05, 4.69) is 9.88 Å². The van der Waals surface area contributed by atoms with E-state index >= 15 is 0 Å². The number of ether oxygens (including phenoxy) is 1. The van der Waals surface area contributed by atoms with Crippen molar-refractivity contribution < 1.29 is 9.53 Å². The fourth-order valence-electron chi connectivity index (χ4n) is 3.65. The highest BCUT2D eigenvalue weighted by Crippen LogP contribution is 2.37. The number of nitrogens with zero attached hydrogens (tertiary/aromatic N) is 2. The number of amides is 2. The average Bonchev–Trinajstić information content (AvgIpc) is 3.18. The minimum absolute atomic E-state index is 0.183. The molecule has 0 fully saturated rings. The summed E-state index contributed by atoms with van der Waals surface area (Å²) in [5, 5.41) is 4.09. The molecule has 1 aliphatic rings. The third kappa shape index (κ3) is 4.07. The summed E-state index contributed by atoms with van der Waals surface area (Å²) >= 11 is 12.6. The second-order valence-electron chi connectivity index (χ2n) is 6.78. The number of fused-ring (bicyclic) bond motifs is 1. The zero-order valence-corrected chi connectivity index (χ0v) is 17.5. The number of anilines is 1. The van der Waals surface area contributed by atoms with Crippen LogP contribution in [0.15, 0.2) is 60.8 Å². The summed E-state index contributed by atoms with van der Waals surface area (Å²) in [6, 6.07) is 16.3. The molecule has 0 saturated heterocycles. The van der Waals surface area contributed by atoms with Crippen LogP contribution in [0.25, 0.3) is 0 Å². The normalized spacial score (nSPS) is 15.7. The van der Waals surface area contributed by atoms with Crippen molar-refractivity contribution in [3.8, 4) is 5.75 Å². The van der Waals surface area contributed by atoms with Gasteiger partial charge < -0.3 is 19.5 Å². The van der Waals surface area contributed by atoms with E-state index in [0.29, 0.717) is 28.9 Å². The second-order valence-corrected chi connectivity index (χ2v) is 7.62. The third-order valence-electron chi connectivity index (χ3n) is 4.97. The molecule has 0 radical (unpaired) electrons. The molecule has 0 spiro atoms. The lowest BCUT2D eigenvalue weighted by molar-refractivity contribution is 0.182. The van der Waals surface area contributed by atoms with Crippen LogP contribution >= 0.6 is 23.2 Å². The highest BCUT2D eigenvalue weighted by atomic mass is 35.5. The summed E-state index contributed by atoms with van der Waals surface area (Å²) in [4.78, 5) is 15.0. The van der Waals surface area contributed by atoms with Crippen LogP contribution in [-0.4, -0.2) is 28.6 Å². The molecule has 0 saturated carbocycles. The first-order chi connectivity index (χ1) is 14.1. The number of halogens is 2. The molecule has 7 heteroatoms. The Kier molecular flexibility index (Phi) is 5.69. The number of nitrogens with one attached hydrogen (secondary N) is 1. The Bertz CT molecular complexity index is 1020. The molecule has 0 aliphatic carbocycles. The van der Waals surface area contributed by atoms with Crippen molar-refractivity contribution in [3.05, 3.63) is 82.1 Å². The van der Waals surface area contributed by atoms with E-state index in [9.17, 15) is 4.79 Å². The Morgan fingerprint density at radius 3 is 2.66 bits per heavy atom. The molecule has 5 nitrogen and oxygen atoms in total. The first kappa shape index (κ1) is 19.7. The summed E-state index contributed by atoms with van der Waals surface area (Å²) in [6.45, 7) is 3.82. The van der Waals surface area contributed by atoms with Crippen LogP contribution in [-0.2, 0) is 6.54 Å². The van der Waals surface area contributed by atoms with Crippen LogP contribution in [0.2, 0.25) is 10.0 Å². The number of benzene rings is 2. The van der Waals surface area contributed by atoms with Gasteiger partial charge in [-0.05, 0) is 61.0 Å². The Hall–Kier alpha value is -2.63. The summed E-state index contributed by atoms with van der Waals surface area (Å²) in [5.41, 5.74) is 2.57. The van der Waals surface area contributed by atoms with Gasteiger partial charge in [0, 0.05) is 40.7 Å². The van der Waals surface area contributed by atoms with Crippen LogP contribution in [0.3, 0.4) is 0 Å². The zero-order valence-electron chi connectivity index (χ0n) is 15.9. The molecular weight excluding hydrogens is 409 g/mol. The molecule has 29 heavy (non-hydrogen) atoms. The molecule has 1 N–H and O–H groups in total. The smallest absolute Gasteiger partial charge is 0.322 e. The van der Waals surface area contributed by atoms with E-state index in [1.165, 1.54) is 0 Å². The molecule has 2 amide bonds. The van der Waals surface area contributed by atoms with Gasteiger partial charge in [0.05, 0.1) is 6.61 Å². The topological polar surface area (TPSA) is 46.5 Å². The van der Waals surface area contributed by atoms with E-state index in [-0.39, 0.29) is 12.1 Å². The van der Waals surface area contributed by atoms with Gasteiger partial charge in [-0.2, -0.15) is 0 Å². The van der Waals surface area contributed by atoms with Crippen LogP contribution in [0.1, 0.15) is 24.2 Å². The number of carbonyl (C=O) groups excluding carboxylic acids is 1. The van der Waals surface area contributed by atoms with Gasteiger partial charge in [0.25, 0.3) is 0 Å². The van der Waals surface area contributed by atoms with Crippen LogP contribution in [0.4, 0.5) is 10.5 Å². The quantitative estimate of drug-likeness (QED) is 0.566. The number of rotatable bonds is 4. The predicted octanol–water partition coefficient (Wildman–Crippen LogP) is 5.83. The zero-order chi connectivity index (χ0) is 20.4. The maximum absolute atomic E-state index is 13.2. The van der Waals surface area contributed by atoms with Crippen LogP contribution in [0.5, 0.6) is 5.75 Å². The van der Waals surface area contributed by atoms with Gasteiger partial charge in [-0.15, -0.1) is 0 Å². The van der Waals surface area contributed by atoms with Gasteiger partial charge in [0.2, 0.25) is 0 Å². The average molecular weight is 430 g/mol. The molecule has 150 valence electrons. The first-order valence-electron chi connectivity index (χ1n) is 9.47. The van der Waals surface area contributed by atoms with Crippen LogP contribution < -0.4 is 10.1 Å². The Balaban J connectivity index is 1.63. The predicted molar refractivity (Wildman–Crippen MR) is 116 cm³/mol. The second kappa shape index (κ2) is 8.39. The van der Waals surface area contributed by atoms with Crippen molar-refractivity contribution in [2.24, 2.45) is 0 Å². The van der Waals surface area contributed by atoms with Gasteiger partial charge in [-0.1, -0.05) is 29.3 Å². The molecule has 1 aliphatic heterocycles. The van der Waals surface area contributed by atoms with Crippen molar-refractivity contribution in [2.45, 2.75) is 19.5 Å². The molecular formula is C22H21Cl2N3O2. The van der Waals surface area contributed by atoms with E-state index in [1.54, 1.807) is 17.0 Å². The highest BCUT2D eigenvalue weighted by Gasteiger charge is 2.33. The van der Waals surface area contributed by atoms with Crippen molar-refractivity contribution in [3.63, 3.8) is 0 Å². The molecule has 1 unspecified atom stereocenters. The lowest BCUT2D eigenvalue weighted by atomic mass is 10.00. The molecule has 2 aromatic carbocycles. The Morgan fingerprint density at radius 2 is 1.93 bits per heavy atom. The monoisotopic (exact) mass is 429 g/mol. The van der Waals surface area contributed by atoms with Gasteiger partial charge in [-0.25, -0.2) is 4.79 Å². The molecule has 0 bridgehead atoms. The summed E-state index contributed by atoms with van der Waals surface area (Å²) in [6.07, 6.45) is 2.02. The fraction of sp³-hybridized carbons (Fsp3) is 0.227. The number of hydrogen-bond donors (Lipinski definition) is 1. The van der Waals surface area contributed by atoms with Gasteiger partial charge in [-0.3, -0.25) is 0 Å². The summed E-state index contributed by atoms with van der Waals surface area (Å²) in [5.74, 6) is 0.770. The minimum atomic E-state index is -0.300. The molecule has 3 aromatic rings. The van der Waals surface area contributed by atoms with Gasteiger partial charge in [0.1, 0.15) is 11.8 Å². The first-order valence-corrected chi connectivity index (χ1v) is 10.2. The number of hydrogen-bond acceptors (Lipinski definition) is 2. The van der Waals surface area contributed by atoms with Crippen molar-refractivity contribution >= 4 is 34.9 Å². The lowest BCUT2D eigenvalue weighted by Gasteiger charge is -2.37. The van der Waals surface area contributed by atoms with Crippen molar-refractivity contribution in [1.29, 1.82) is 0 Å². The maximum atomic E-state index is 13.2. The molecule has 1 atom stereocenters. The standard InChI is InChI=1S/C22H21Cl2N3O2/c1-2-29-17-8-6-16(7-9-17)25-22(28)27-13-12-26-11-3-4-20(26)21(27)18-10-5-15(23)14-19(18)24/h3-11,14,21H,2,12-13H2,1H3,(H,25,28). The van der Waals surface area contributed by atoms with E-state index in [4.69, 9.17) is 27.9 Å². The van der Waals surface area contributed by atoms with Crippen LogP contribution in [0, 0.1) is 0 Å². The highest BCUT2D eigenvalue weighted by molar-refractivity contribution is 6.35. The van der Waals surface area contributed by atoms with Crippen molar-refractivity contribution in [2.75, 3.05) is 18.5 Å². The number of carbonyl (C=O) groups is 1. The minimum Gasteiger partial charge on any atom is -0.494 e. The van der Waals surface area contributed by atoms with E-state index in [1.807, 2.05) is 55.6 Å². The molecule has 4 rings (SSSR count). The molecule has 2 heterocycles.